The van der Waals surface area contributed by atoms with Crippen molar-refractivity contribution in [3.8, 4) is 0 Å². The minimum absolute atomic E-state index is 0.00364. The van der Waals surface area contributed by atoms with Crippen LogP contribution < -0.4 is 5.32 Å². The van der Waals surface area contributed by atoms with Crippen LogP contribution in [0.4, 0.5) is 5.69 Å². The molecule has 7 atom stereocenters. The minimum Gasteiger partial charge on any atom is -0.469 e. The number of anilines is 1. The number of carbonyl (C=O) groups excluding carboxylic acids is 1. The maximum absolute atomic E-state index is 13.1. The number of esters is 1. The van der Waals surface area contributed by atoms with Crippen molar-refractivity contribution in [2.24, 2.45) is 17.3 Å². The molecular formula is C23H31N2O2+. The molecule has 2 saturated heterocycles. The van der Waals surface area contributed by atoms with E-state index in [1.165, 1.54) is 54.6 Å². The van der Waals surface area contributed by atoms with Crippen LogP contribution in [0, 0.1) is 17.3 Å². The zero-order valence-electron chi connectivity index (χ0n) is 16.8. The van der Waals surface area contributed by atoms with Gasteiger partial charge in [0.25, 0.3) is 0 Å². The molecule has 5 aliphatic rings. The Morgan fingerprint density at radius 1 is 1.30 bits per heavy atom. The van der Waals surface area contributed by atoms with Crippen molar-refractivity contribution in [2.45, 2.75) is 56.5 Å². The van der Waals surface area contributed by atoms with E-state index in [1.54, 1.807) is 7.11 Å². The van der Waals surface area contributed by atoms with Crippen LogP contribution in [0.1, 0.15) is 45.1 Å². The lowest BCUT2D eigenvalue weighted by Gasteiger charge is -2.55. The lowest BCUT2D eigenvalue weighted by atomic mass is 9.56. The highest BCUT2D eigenvalue weighted by atomic mass is 16.5. The average molecular weight is 368 g/mol. The van der Waals surface area contributed by atoms with Gasteiger partial charge in [0.15, 0.2) is 0 Å². The highest BCUT2D eigenvalue weighted by molar-refractivity contribution is 5.82. The summed E-state index contributed by atoms with van der Waals surface area (Å²) in [7, 11) is 1.57. The number of methoxy groups -OCH3 is 1. The number of nitrogens with zero attached hydrogens (tertiary/aromatic N) is 1. The molecule has 3 aliphatic heterocycles. The third-order valence-corrected chi connectivity index (χ3v) is 10.0. The molecule has 6 rings (SSSR count). The van der Waals surface area contributed by atoms with Gasteiger partial charge in [-0.3, -0.25) is 4.79 Å². The van der Waals surface area contributed by atoms with E-state index in [4.69, 9.17) is 4.74 Å². The van der Waals surface area contributed by atoms with Crippen LogP contribution in [0.3, 0.4) is 0 Å². The Bertz CT molecular complexity index is 855. The zero-order chi connectivity index (χ0) is 18.7. The van der Waals surface area contributed by atoms with Gasteiger partial charge in [0.2, 0.25) is 0 Å². The molecule has 144 valence electrons. The number of ether oxygens (including phenoxy) is 1. The molecule has 4 heteroatoms. The average Bonchev–Trinajstić information content (AvgIpc) is 3.34. The summed E-state index contributed by atoms with van der Waals surface area (Å²) in [6, 6.07) is 9.58. The third-order valence-electron chi connectivity index (χ3n) is 10.0. The number of piperidine rings is 1. The zero-order valence-corrected chi connectivity index (χ0v) is 16.8. The number of carbonyl (C=O) groups is 1. The summed E-state index contributed by atoms with van der Waals surface area (Å²) < 4.78 is 6.66. The van der Waals surface area contributed by atoms with E-state index in [0.29, 0.717) is 12.0 Å². The van der Waals surface area contributed by atoms with E-state index < -0.39 is 0 Å². The molecule has 1 aromatic carbocycles. The van der Waals surface area contributed by atoms with Crippen molar-refractivity contribution in [1.82, 2.24) is 0 Å². The number of likely N-dealkylation sites (N-methyl/N-ethyl adjacent to an activating group) is 1. The fraction of sp³-hybridized carbons (Fsp3) is 0.696. The first-order valence-electron chi connectivity index (χ1n) is 10.8. The summed E-state index contributed by atoms with van der Waals surface area (Å²) in [5.74, 6) is 0.469. The number of hydrogen-bond acceptors (Lipinski definition) is 3. The molecule has 1 aromatic rings. The molecule has 3 heterocycles. The van der Waals surface area contributed by atoms with Crippen LogP contribution in [0.25, 0.3) is 0 Å². The monoisotopic (exact) mass is 367 g/mol. The third kappa shape index (κ3) is 1.38. The van der Waals surface area contributed by atoms with Crippen molar-refractivity contribution in [3.63, 3.8) is 0 Å². The number of rotatable bonds is 2. The number of quaternary nitrogens is 1. The first kappa shape index (κ1) is 16.4. The van der Waals surface area contributed by atoms with Gasteiger partial charge in [0, 0.05) is 17.5 Å². The summed E-state index contributed by atoms with van der Waals surface area (Å²) in [6.45, 7) is 8.66. The Morgan fingerprint density at radius 2 is 2.11 bits per heavy atom. The summed E-state index contributed by atoms with van der Waals surface area (Å²) >= 11 is 0. The van der Waals surface area contributed by atoms with E-state index in [2.05, 4.69) is 43.4 Å². The fourth-order valence-electron chi connectivity index (χ4n) is 9.47. The molecule has 27 heavy (non-hydrogen) atoms. The predicted molar refractivity (Wildman–Crippen MR) is 104 cm³/mol. The lowest BCUT2D eigenvalue weighted by Crippen LogP contribution is -2.68. The van der Waals surface area contributed by atoms with Crippen molar-refractivity contribution < 1.29 is 14.0 Å². The second-order valence-electron chi connectivity index (χ2n) is 9.98. The molecule has 0 aromatic heterocycles. The standard InChI is InChI=1S/C23H31N2O2/c1-4-25-12-7-10-21-14-17(19(26)27-3)23(15(21)2)22(11-13-25,20(21)25)16-8-5-6-9-18(16)24-23/h5-6,8-9,15,17,20,24H,4,7,10-14H2,1-3H3/q+1/t15-,17-,20+,21-,22-,23+,25+/m1/s1. The largest absolute Gasteiger partial charge is 0.469 e. The summed E-state index contributed by atoms with van der Waals surface area (Å²) in [5, 5.41) is 4.02. The van der Waals surface area contributed by atoms with E-state index in [-0.39, 0.29) is 28.3 Å². The molecule has 1 N–H and O–H groups in total. The highest BCUT2D eigenvalue weighted by Gasteiger charge is 2.90. The van der Waals surface area contributed by atoms with Gasteiger partial charge in [-0.15, -0.1) is 0 Å². The molecular weight excluding hydrogens is 336 g/mol. The van der Waals surface area contributed by atoms with E-state index in [1.807, 2.05) is 0 Å². The van der Waals surface area contributed by atoms with Crippen LogP contribution >= 0.6 is 0 Å². The Morgan fingerprint density at radius 3 is 2.89 bits per heavy atom. The first-order valence-corrected chi connectivity index (χ1v) is 10.8. The Kier molecular flexibility index (Phi) is 2.86. The Labute approximate surface area is 161 Å². The molecule has 0 amide bonds. The Hall–Kier alpha value is -1.55. The van der Waals surface area contributed by atoms with Gasteiger partial charge in [-0.05, 0) is 43.7 Å². The van der Waals surface area contributed by atoms with Gasteiger partial charge in [0.05, 0.1) is 43.6 Å². The van der Waals surface area contributed by atoms with Crippen LogP contribution in [-0.4, -0.2) is 48.8 Å². The van der Waals surface area contributed by atoms with Crippen molar-refractivity contribution >= 4 is 11.7 Å². The predicted octanol–water partition coefficient (Wildman–Crippen LogP) is 3.32. The van der Waals surface area contributed by atoms with Crippen LogP contribution in [-0.2, 0) is 14.9 Å². The van der Waals surface area contributed by atoms with Gasteiger partial charge in [-0.25, -0.2) is 0 Å². The van der Waals surface area contributed by atoms with E-state index in [0.717, 1.165) is 6.42 Å². The molecule has 4 nitrogen and oxygen atoms in total. The van der Waals surface area contributed by atoms with Gasteiger partial charge in [0.1, 0.15) is 6.04 Å². The minimum atomic E-state index is -0.173. The molecule has 2 bridgehead atoms. The second-order valence-corrected chi connectivity index (χ2v) is 9.98. The Balaban J connectivity index is 1.68. The normalized spacial score (nSPS) is 50.7. The van der Waals surface area contributed by atoms with Gasteiger partial charge < -0.3 is 14.5 Å². The summed E-state index contributed by atoms with van der Waals surface area (Å²) in [5.41, 5.74) is 2.94. The maximum Gasteiger partial charge on any atom is 0.311 e. The van der Waals surface area contributed by atoms with Crippen LogP contribution in [0.5, 0.6) is 0 Å². The van der Waals surface area contributed by atoms with Crippen molar-refractivity contribution in [2.75, 3.05) is 32.1 Å². The van der Waals surface area contributed by atoms with Crippen molar-refractivity contribution in [1.29, 1.82) is 0 Å². The topological polar surface area (TPSA) is 38.3 Å². The molecule has 3 spiro atoms. The SMILES string of the molecule is CC[N@+]12CCC[C@]34C[C@H](C(=O)OC)[C@@]5(Nc6ccccc6[C@]5(CC1)[C@H]32)[C@@H]4C. The first-order chi connectivity index (χ1) is 13.0. The molecule has 4 fully saturated rings. The van der Waals surface area contributed by atoms with Crippen molar-refractivity contribution in [3.05, 3.63) is 29.8 Å². The molecule has 0 unspecified atom stereocenters. The van der Waals surface area contributed by atoms with Gasteiger partial charge in [-0.1, -0.05) is 25.1 Å². The maximum atomic E-state index is 13.1. The highest BCUT2D eigenvalue weighted by Crippen LogP contribution is 2.81. The number of benzene rings is 1. The number of fused-ring (bicyclic) bond motifs is 1. The summed E-state index contributed by atoms with van der Waals surface area (Å²) in [4.78, 5) is 13.1. The van der Waals surface area contributed by atoms with Crippen LogP contribution in [0.2, 0.25) is 0 Å². The second kappa shape index (κ2) is 4.71. The van der Waals surface area contributed by atoms with Gasteiger partial charge in [-0.2, -0.15) is 0 Å². The van der Waals surface area contributed by atoms with E-state index in [9.17, 15) is 4.79 Å². The number of hydrogen-bond donors (Lipinski definition) is 1. The van der Waals surface area contributed by atoms with Crippen LogP contribution in [0.15, 0.2) is 24.3 Å². The lowest BCUT2D eigenvalue weighted by molar-refractivity contribution is -0.952. The molecule has 2 aliphatic carbocycles. The quantitative estimate of drug-likeness (QED) is 0.644. The molecule has 2 saturated carbocycles. The smallest absolute Gasteiger partial charge is 0.311 e. The number of para-hydroxylation sites is 1. The number of nitrogens with one attached hydrogen (secondary N) is 1. The molecule has 0 radical (unpaired) electrons. The van der Waals surface area contributed by atoms with Gasteiger partial charge >= 0.3 is 5.97 Å². The summed E-state index contributed by atoms with van der Waals surface area (Å²) in [6.07, 6.45) is 4.79. The van der Waals surface area contributed by atoms with E-state index >= 15 is 0 Å². The fourth-order valence-corrected chi connectivity index (χ4v) is 9.47.